The molecule has 16 heavy (non-hydrogen) atoms. The average molecular weight is 226 g/mol. The maximum atomic E-state index is 5.95. The highest BCUT2D eigenvalue weighted by Gasteiger charge is 2.38. The zero-order chi connectivity index (χ0) is 12.2. The van der Waals surface area contributed by atoms with E-state index in [0.717, 1.165) is 19.0 Å². The second-order valence-corrected chi connectivity index (χ2v) is 6.13. The Labute approximate surface area is 101 Å². The molecule has 0 aromatic heterocycles. The SMILES string of the molecule is CCNC1(CN)CCC(C(C)(C)CC)CC1. The van der Waals surface area contributed by atoms with Gasteiger partial charge in [-0.05, 0) is 43.6 Å². The molecular weight excluding hydrogens is 196 g/mol. The lowest BCUT2D eigenvalue weighted by atomic mass is 9.65. The highest BCUT2D eigenvalue weighted by molar-refractivity contribution is 4.96. The van der Waals surface area contributed by atoms with Crippen LogP contribution in [0.5, 0.6) is 0 Å². The molecule has 0 amide bonds. The fourth-order valence-electron chi connectivity index (χ4n) is 3.07. The maximum absolute atomic E-state index is 5.95. The van der Waals surface area contributed by atoms with Crippen LogP contribution in [0.3, 0.4) is 0 Å². The molecule has 1 fully saturated rings. The molecule has 0 bridgehead atoms. The van der Waals surface area contributed by atoms with Crippen LogP contribution in [0.15, 0.2) is 0 Å². The van der Waals surface area contributed by atoms with Gasteiger partial charge in [0.25, 0.3) is 0 Å². The van der Waals surface area contributed by atoms with Crippen LogP contribution in [-0.2, 0) is 0 Å². The lowest BCUT2D eigenvalue weighted by molar-refractivity contribution is 0.103. The summed E-state index contributed by atoms with van der Waals surface area (Å²) in [7, 11) is 0. The number of likely N-dealkylation sites (N-methyl/N-ethyl adjacent to an activating group) is 1. The number of hydrogen-bond acceptors (Lipinski definition) is 2. The van der Waals surface area contributed by atoms with E-state index in [9.17, 15) is 0 Å². The van der Waals surface area contributed by atoms with Gasteiger partial charge in [-0.15, -0.1) is 0 Å². The van der Waals surface area contributed by atoms with E-state index in [1.165, 1.54) is 32.1 Å². The van der Waals surface area contributed by atoms with Crippen molar-refractivity contribution in [1.82, 2.24) is 5.32 Å². The number of nitrogens with one attached hydrogen (secondary N) is 1. The topological polar surface area (TPSA) is 38.0 Å². The van der Waals surface area contributed by atoms with E-state index in [-0.39, 0.29) is 5.54 Å². The molecule has 1 aliphatic carbocycles. The lowest BCUT2D eigenvalue weighted by Gasteiger charge is -2.45. The molecule has 0 aromatic rings. The quantitative estimate of drug-likeness (QED) is 0.756. The molecule has 0 saturated heterocycles. The Morgan fingerprint density at radius 1 is 1.25 bits per heavy atom. The van der Waals surface area contributed by atoms with Crippen LogP contribution in [0, 0.1) is 11.3 Å². The second-order valence-electron chi connectivity index (χ2n) is 6.13. The minimum Gasteiger partial charge on any atom is -0.329 e. The van der Waals surface area contributed by atoms with E-state index in [2.05, 4.69) is 33.0 Å². The lowest BCUT2D eigenvalue weighted by Crippen LogP contribution is -2.54. The Kier molecular flexibility index (Phi) is 4.81. The molecule has 1 rings (SSSR count). The molecule has 0 atom stereocenters. The summed E-state index contributed by atoms with van der Waals surface area (Å²) in [6.07, 6.45) is 6.47. The number of rotatable bonds is 5. The molecule has 0 aliphatic heterocycles. The summed E-state index contributed by atoms with van der Waals surface area (Å²) >= 11 is 0. The first-order valence-electron chi connectivity index (χ1n) is 6.95. The van der Waals surface area contributed by atoms with Gasteiger partial charge >= 0.3 is 0 Å². The van der Waals surface area contributed by atoms with Crippen molar-refractivity contribution in [2.45, 2.75) is 65.3 Å². The molecule has 1 saturated carbocycles. The van der Waals surface area contributed by atoms with Crippen LogP contribution in [0.2, 0.25) is 0 Å². The molecule has 0 unspecified atom stereocenters. The summed E-state index contributed by atoms with van der Waals surface area (Å²) in [5.74, 6) is 0.885. The van der Waals surface area contributed by atoms with Crippen LogP contribution in [0.4, 0.5) is 0 Å². The minimum atomic E-state index is 0.245. The predicted octanol–water partition coefficient (Wildman–Crippen LogP) is 2.92. The number of hydrogen-bond donors (Lipinski definition) is 2. The van der Waals surface area contributed by atoms with Gasteiger partial charge in [-0.2, -0.15) is 0 Å². The van der Waals surface area contributed by atoms with Crippen LogP contribution in [-0.4, -0.2) is 18.6 Å². The zero-order valence-electron chi connectivity index (χ0n) is 11.6. The van der Waals surface area contributed by atoms with E-state index < -0.39 is 0 Å². The Bertz CT molecular complexity index is 203. The van der Waals surface area contributed by atoms with Crippen molar-refractivity contribution in [1.29, 1.82) is 0 Å². The first-order chi connectivity index (χ1) is 7.49. The highest BCUT2D eigenvalue weighted by Crippen LogP contribution is 2.43. The summed E-state index contributed by atoms with van der Waals surface area (Å²) in [6, 6.07) is 0. The minimum absolute atomic E-state index is 0.245. The van der Waals surface area contributed by atoms with Gasteiger partial charge in [-0.1, -0.05) is 34.1 Å². The average Bonchev–Trinajstić information content (AvgIpc) is 2.30. The molecular formula is C14H30N2. The van der Waals surface area contributed by atoms with E-state index >= 15 is 0 Å². The summed E-state index contributed by atoms with van der Waals surface area (Å²) < 4.78 is 0. The van der Waals surface area contributed by atoms with Crippen LogP contribution in [0.1, 0.15) is 59.8 Å². The third kappa shape index (κ3) is 2.98. The zero-order valence-corrected chi connectivity index (χ0v) is 11.6. The molecule has 0 aromatic carbocycles. The predicted molar refractivity (Wildman–Crippen MR) is 71.5 cm³/mol. The molecule has 0 radical (unpaired) electrons. The van der Waals surface area contributed by atoms with Gasteiger partial charge in [0.05, 0.1) is 0 Å². The molecule has 0 heterocycles. The summed E-state index contributed by atoms with van der Waals surface area (Å²) in [5, 5.41) is 3.61. The fraction of sp³-hybridized carbons (Fsp3) is 1.00. The van der Waals surface area contributed by atoms with Crippen LogP contribution in [0.25, 0.3) is 0 Å². The normalized spacial score (nSPS) is 31.7. The van der Waals surface area contributed by atoms with Crippen molar-refractivity contribution in [3.05, 3.63) is 0 Å². The largest absolute Gasteiger partial charge is 0.329 e. The van der Waals surface area contributed by atoms with E-state index in [0.29, 0.717) is 5.41 Å². The van der Waals surface area contributed by atoms with Crippen LogP contribution < -0.4 is 11.1 Å². The third-order valence-electron chi connectivity index (χ3n) is 4.90. The second kappa shape index (κ2) is 5.50. The van der Waals surface area contributed by atoms with Gasteiger partial charge in [0.1, 0.15) is 0 Å². The summed E-state index contributed by atoms with van der Waals surface area (Å²) in [4.78, 5) is 0. The van der Waals surface area contributed by atoms with Crippen molar-refractivity contribution < 1.29 is 0 Å². The first kappa shape index (κ1) is 14.0. The maximum Gasteiger partial charge on any atom is 0.0304 e. The van der Waals surface area contributed by atoms with E-state index in [1.807, 2.05) is 0 Å². The van der Waals surface area contributed by atoms with Crippen molar-refractivity contribution in [2.24, 2.45) is 17.1 Å². The van der Waals surface area contributed by atoms with Gasteiger partial charge in [0.15, 0.2) is 0 Å². The van der Waals surface area contributed by atoms with Crippen molar-refractivity contribution in [3.63, 3.8) is 0 Å². The van der Waals surface area contributed by atoms with Crippen molar-refractivity contribution in [3.8, 4) is 0 Å². The van der Waals surface area contributed by atoms with E-state index in [1.54, 1.807) is 0 Å². The van der Waals surface area contributed by atoms with E-state index in [4.69, 9.17) is 5.73 Å². The van der Waals surface area contributed by atoms with Gasteiger partial charge in [0.2, 0.25) is 0 Å². The fourth-order valence-corrected chi connectivity index (χ4v) is 3.07. The highest BCUT2D eigenvalue weighted by atomic mass is 15.0. The van der Waals surface area contributed by atoms with Gasteiger partial charge in [0, 0.05) is 12.1 Å². The first-order valence-corrected chi connectivity index (χ1v) is 6.95. The van der Waals surface area contributed by atoms with Crippen molar-refractivity contribution in [2.75, 3.05) is 13.1 Å². The smallest absolute Gasteiger partial charge is 0.0304 e. The third-order valence-corrected chi connectivity index (χ3v) is 4.90. The summed E-state index contributed by atoms with van der Waals surface area (Å²) in [6.45, 7) is 11.2. The summed E-state index contributed by atoms with van der Waals surface area (Å²) in [5.41, 5.74) is 6.70. The Hall–Kier alpha value is -0.0800. The Morgan fingerprint density at radius 3 is 2.19 bits per heavy atom. The molecule has 0 spiro atoms. The van der Waals surface area contributed by atoms with Crippen LogP contribution >= 0.6 is 0 Å². The molecule has 1 aliphatic rings. The number of nitrogens with two attached hydrogens (primary N) is 1. The molecule has 2 heteroatoms. The van der Waals surface area contributed by atoms with Gasteiger partial charge in [-0.3, -0.25) is 0 Å². The molecule has 3 N–H and O–H groups in total. The Morgan fingerprint density at radius 2 is 1.81 bits per heavy atom. The Balaban J connectivity index is 2.55. The molecule has 2 nitrogen and oxygen atoms in total. The van der Waals surface area contributed by atoms with Gasteiger partial charge < -0.3 is 11.1 Å². The standard InChI is InChI=1S/C14H30N2/c1-5-13(3,4)12-7-9-14(11-15,10-8-12)16-6-2/h12,16H,5-11,15H2,1-4H3. The monoisotopic (exact) mass is 226 g/mol. The molecule has 96 valence electrons. The van der Waals surface area contributed by atoms with Gasteiger partial charge in [-0.25, -0.2) is 0 Å². The van der Waals surface area contributed by atoms with Crippen molar-refractivity contribution >= 4 is 0 Å².